The highest BCUT2D eigenvalue weighted by Crippen LogP contribution is 2.34. The Labute approximate surface area is 174 Å². The number of hydrogen-bond acceptors (Lipinski definition) is 7. The van der Waals surface area contributed by atoms with Crippen LogP contribution < -0.4 is 14.8 Å². The van der Waals surface area contributed by atoms with Gasteiger partial charge in [0.1, 0.15) is 30.5 Å². The number of tetrazole rings is 1. The van der Waals surface area contributed by atoms with Crippen molar-refractivity contribution in [2.75, 3.05) is 26.7 Å². The molecule has 2 aromatic carbocycles. The maximum atomic E-state index is 12.1. The van der Waals surface area contributed by atoms with E-state index in [0.717, 1.165) is 29.2 Å². The number of carbonyl (C=O) groups is 1. The van der Waals surface area contributed by atoms with E-state index in [1.54, 1.807) is 7.11 Å². The summed E-state index contributed by atoms with van der Waals surface area (Å²) in [5.74, 6) is 1.55. The normalized spacial score (nSPS) is 16.2. The number of fused-ring (bicyclic) bond motifs is 1. The van der Waals surface area contributed by atoms with Gasteiger partial charge in [-0.2, -0.15) is 0 Å². The molecule has 1 unspecified atom stereocenters. The van der Waals surface area contributed by atoms with Gasteiger partial charge in [0.05, 0.1) is 7.11 Å². The molecule has 9 nitrogen and oxygen atoms in total. The Hall–Kier alpha value is -3.46. The Morgan fingerprint density at radius 3 is 2.90 bits per heavy atom. The van der Waals surface area contributed by atoms with Gasteiger partial charge < -0.3 is 14.8 Å². The van der Waals surface area contributed by atoms with Gasteiger partial charge in [-0.15, -0.1) is 5.10 Å². The maximum Gasteiger partial charge on any atom is 0.241 e. The molecule has 30 heavy (non-hydrogen) atoms. The lowest BCUT2D eigenvalue weighted by molar-refractivity contribution is -0.121. The van der Waals surface area contributed by atoms with E-state index in [1.807, 2.05) is 42.5 Å². The number of rotatable bonds is 7. The first-order chi connectivity index (χ1) is 14.7. The van der Waals surface area contributed by atoms with Gasteiger partial charge in [-0.25, -0.2) is 4.68 Å². The van der Waals surface area contributed by atoms with Crippen LogP contribution in [0.3, 0.4) is 0 Å². The largest absolute Gasteiger partial charge is 0.496 e. The molecule has 0 aliphatic carbocycles. The summed E-state index contributed by atoms with van der Waals surface area (Å²) >= 11 is 0. The summed E-state index contributed by atoms with van der Waals surface area (Å²) in [6, 6.07) is 16.0. The van der Waals surface area contributed by atoms with Crippen LogP contribution in [0.5, 0.6) is 11.5 Å². The molecule has 0 radical (unpaired) electrons. The van der Waals surface area contributed by atoms with Gasteiger partial charge in [0, 0.05) is 37.3 Å². The van der Waals surface area contributed by atoms with E-state index in [1.165, 1.54) is 11.0 Å². The summed E-state index contributed by atoms with van der Waals surface area (Å²) in [7, 11) is 1.67. The molecule has 3 aromatic rings. The maximum absolute atomic E-state index is 12.1. The van der Waals surface area contributed by atoms with E-state index in [-0.39, 0.29) is 18.6 Å². The molecule has 0 bridgehead atoms. The molecule has 0 fully saturated rings. The highest BCUT2D eigenvalue weighted by Gasteiger charge is 2.26. The number of carbonyl (C=O) groups excluding carboxylic acids is 1. The van der Waals surface area contributed by atoms with Crippen molar-refractivity contribution in [1.82, 2.24) is 30.4 Å². The summed E-state index contributed by atoms with van der Waals surface area (Å²) in [5, 5.41) is 13.7. The van der Waals surface area contributed by atoms with Crippen LogP contribution in [0.25, 0.3) is 0 Å². The molecular formula is C21H24N6O3. The fraction of sp³-hybridized carbons (Fsp3) is 0.333. The first-order valence-corrected chi connectivity index (χ1v) is 9.80. The lowest BCUT2D eigenvalue weighted by Gasteiger charge is -2.25. The zero-order valence-electron chi connectivity index (χ0n) is 16.8. The summed E-state index contributed by atoms with van der Waals surface area (Å²) in [6.45, 7) is 2.72. The Kier molecular flexibility index (Phi) is 6.19. The Balaban J connectivity index is 1.45. The predicted octanol–water partition coefficient (Wildman–Crippen LogP) is 1.43. The summed E-state index contributed by atoms with van der Waals surface area (Å²) in [4.78, 5) is 14.4. The van der Waals surface area contributed by atoms with Crippen LogP contribution >= 0.6 is 0 Å². The number of methoxy groups -OCH3 is 1. The van der Waals surface area contributed by atoms with Gasteiger partial charge in [-0.1, -0.05) is 36.4 Å². The fourth-order valence-corrected chi connectivity index (χ4v) is 3.55. The molecule has 4 rings (SSSR count). The van der Waals surface area contributed by atoms with Crippen molar-refractivity contribution < 1.29 is 14.3 Å². The molecule has 9 heteroatoms. The van der Waals surface area contributed by atoms with Crippen LogP contribution in [0.15, 0.2) is 54.9 Å². The molecule has 0 saturated heterocycles. The van der Waals surface area contributed by atoms with Gasteiger partial charge in [-0.3, -0.25) is 9.69 Å². The van der Waals surface area contributed by atoms with Gasteiger partial charge in [-0.05, 0) is 22.6 Å². The summed E-state index contributed by atoms with van der Waals surface area (Å²) < 4.78 is 13.3. The lowest BCUT2D eigenvalue weighted by atomic mass is 10.1. The lowest BCUT2D eigenvalue weighted by Crippen LogP contribution is -2.37. The van der Waals surface area contributed by atoms with Crippen LogP contribution in [-0.2, 0) is 17.9 Å². The molecule has 1 aliphatic heterocycles. The zero-order chi connectivity index (χ0) is 20.8. The zero-order valence-corrected chi connectivity index (χ0v) is 16.8. The average Bonchev–Trinajstić information content (AvgIpc) is 3.19. The number of benzene rings is 2. The molecule has 0 saturated carbocycles. The van der Waals surface area contributed by atoms with Gasteiger partial charge in [0.25, 0.3) is 0 Å². The number of ether oxygens (including phenoxy) is 2. The Morgan fingerprint density at radius 1 is 1.23 bits per heavy atom. The molecule has 156 valence electrons. The van der Waals surface area contributed by atoms with Crippen molar-refractivity contribution in [1.29, 1.82) is 0 Å². The van der Waals surface area contributed by atoms with Crippen molar-refractivity contribution in [3.8, 4) is 11.5 Å². The monoisotopic (exact) mass is 408 g/mol. The Bertz CT molecular complexity index is 978. The molecular weight excluding hydrogens is 384 g/mol. The smallest absolute Gasteiger partial charge is 0.241 e. The minimum absolute atomic E-state index is 0.1000. The first-order valence-electron chi connectivity index (χ1n) is 9.80. The van der Waals surface area contributed by atoms with E-state index >= 15 is 0 Å². The molecule has 1 atom stereocenters. The molecule has 2 heterocycles. The third-order valence-electron chi connectivity index (χ3n) is 4.99. The number of hydrogen-bond donors (Lipinski definition) is 1. The number of nitrogens with one attached hydrogen (secondary N) is 1. The number of nitrogens with zero attached hydrogens (tertiary/aromatic N) is 5. The standard InChI is InChI=1S/C21H24N6O3/c1-29-19-9-5-3-7-17(19)20-13-26(12-16-6-2-4-8-18(16)30-20)11-10-22-21(28)14-27-15-23-24-25-27/h2-9,15,20H,10-14H2,1H3,(H,22,28). The number of amides is 1. The number of aromatic nitrogens is 4. The highest BCUT2D eigenvalue weighted by molar-refractivity contribution is 5.75. The third-order valence-corrected chi connectivity index (χ3v) is 4.99. The van der Waals surface area contributed by atoms with Crippen LogP contribution in [0.4, 0.5) is 0 Å². The minimum Gasteiger partial charge on any atom is -0.496 e. The van der Waals surface area contributed by atoms with Crippen molar-refractivity contribution >= 4 is 5.91 Å². The minimum atomic E-state index is -0.179. The summed E-state index contributed by atoms with van der Waals surface area (Å²) in [5.41, 5.74) is 2.12. The van der Waals surface area contributed by atoms with Crippen LogP contribution in [0.1, 0.15) is 17.2 Å². The average molecular weight is 408 g/mol. The quantitative estimate of drug-likeness (QED) is 0.632. The van der Waals surface area contributed by atoms with E-state index in [0.29, 0.717) is 19.6 Å². The van der Waals surface area contributed by atoms with E-state index < -0.39 is 0 Å². The predicted molar refractivity (Wildman–Crippen MR) is 109 cm³/mol. The molecule has 0 spiro atoms. The van der Waals surface area contributed by atoms with E-state index in [2.05, 4.69) is 31.8 Å². The highest BCUT2D eigenvalue weighted by atomic mass is 16.5. The number of para-hydroxylation sites is 2. The second-order valence-electron chi connectivity index (χ2n) is 7.05. The van der Waals surface area contributed by atoms with E-state index in [4.69, 9.17) is 9.47 Å². The van der Waals surface area contributed by atoms with Gasteiger partial charge in [0.15, 0.2) is 0 Å². The molecule has 1 amide bonds. The second kappa shape index (κ2) is 9.36. The SMILES string of the molecule is COc1ccccc1C1CN(CCNC(=O)Cn2cnnn2)Cc2ccccc2O1. The van der Waals surface area contributed by atoms with Crippen molar-refractivity contribution in [3.05, 3.63) is 66.0 Å². The topological polar surface area (TPSA) is 94.4 Å². The van der Waals surface area contributed by atoms with Gasteiger partial charge in [0.2, 0.25) is 5.91 Å². The molecule has 1 N–H and O–H groups in total. The van der Waals surface area contributed by atoms with Crippen LogP contribution in [0.2, 0.25) is 0 Å². The van der Waals surface area contributed by atoms with Crippen LogP contribution in [0, 0.1) is 0 Å². The van der Waals surface area contributed by atoms with E-state index in [9.17, 15) is 4.79 Å². The van der Waals surface area contributed by atoms with Crippen molar-refractivity contribution in [2.24, 2.45) is 0 Å². The first kappa shape index (κ1) is 19.8. The molecule has 1 aliphatic rings. The summed E-state index contributed by atoms with van der Waals surface area (Å²) in [6.07, 6.45) is 1.24. The van der Waals surface area contributed by atoms with Crippen LogP contribution in [-0.4, -0.2) is 57.8 Å². The van der Waals surface area contributed by atoms with Crippen molar-refractivity contribution in [2.45, 2.75) is 19.2 Å². The third kappa shape index (κ3) is 4.74. The second-order valence-corrected chi connectivity index (χ2v) is 7.05. The van der Waals surface area contributed by atoms with Gasteiger partial charge >= 0.3 is 0 Å². The fourth-order valence-electron chi connectivity index (χ4n) is 3.55. The van der Waals surface area contributed by atoms with Crippen molar-refractivity contribution in [3.63, 3.8) is 0 Å². The molecule has 1 aromatic heterocycles. The Morgan fingerprint density at radius 2 is 2.07 bits per heavy atom.